The van der Waals surface area contributed by atoms with Crippen molar-refractivity contribution in [1.29, 1.82) is 5.26 Å². The Morgan fingerprint density at radius 3 is 2.53 bits per heavy atom. The van der Waals surface area contributed by atoms with Crippen LogP contribution in [0, 0.1) is 11.3 Å². The van der Waals surface area contributed by atoms with Crippen molar-refractivity contribution in [3.63, 3.8) is 0 Å². The van der Waals surface area contributed by atoms with Crippen LogP contribution in [0.2, 0.25) is 0 Å². The molecule has 0 saturated carbocycles. The summed E-state index contributed by atoms with van der Waals surface area (Å²) in [5.74, 6) is 0.794. The highest BCUT2D eigenvalue weighted by Crippen LogP contribution is 2.35. The van der Waals surface area contributed by atoms with E-state index in [0.29, 0.717) is 41.5 Å². The van der Waals surface area contributed by atoms with E-state index in [4.69, 9.17) is 9.47 Å². The van der Waals surface area contributed by atoms with Gasteiger partial charge in [-0.05, 0) is 66.9 Å². The van der Waals surface area contributed by atoms with Gasteiger partial charge in [0.1, 0.15) is 6.61 Å². The Labute approximate surface area is 215 Å². The first kappa shape index (κ1) is 25.1. The summed E-state index contributed by atoms with van der Waals surface area (Å²) in [4.78, 5) is 27.1. The lowest BCUT2D eigenvalue weighted by Gasteiger charge is -2.13. The summed E-state index contributed by atoms with van der Waals surface area (Å²) < 4.78 is 11.7. The van der Waals surface area contributed by atoms with Gasteiger partial charge in [-0.25, -0.2) is 0 Å². The largest absolute Gasteiger partial charge is 0.490 e. The summed E-state index contributed by atoms with van der Waals surface area (Å²) in [7, 11) is 0. The minimum Gasteiger partial charge on any atom is -0.490 e. The first-order valence-electron chi connectivity index (χ1n) is 11.8. The standard InChI is InChI=1S/C29H26N2O4S/c1-2-34-26-17-22(14-15-25(26)35-20-24-13-7-6-12-23(24)19-30)18-27-28(32)31(29(33)36-27)16-8-11-21-9-4-3-5-10-21/h3-7,9-10,12-15,17-18H,2,8,11,16,20H2,1H3/b27-18+. The molecule has 36 heavy (non-hydrogen) atoms. The van der Waals surface area contributed by atoms with E-state index in [2.05, 4.69) is 6.07 Å². The topological polar surface area (TPSA) is 79.6 Å². The molecule has 0 radical (unpaired) electrons. The third-order valence-electron chi connectivity index (χ3n) is 5.65. The summed E-state index contributed by atoms with van der Waals surface area (Å²) >= 11 is 0.954. The SMILES string of the molecule is CCOc1cc(/C=C2/SC(=O)N(CCCc3ccccc3)C2=O)ccc1OCc1ccccc1C#N. The number of hydrogen-bond acceptors (Lipinski definition) is 6. The Kier molecular flexibility index (Phi) is 8.43. The Morgan fingerprint density at radius 1 is 0.972 bits per heavy atom. The fourth-order valence-corrected chi connectivity index (χ4v) is 4.71. The zero-order valence-corrected chi connectivity index (χ0v) is 20.8. The molecule has 0 unspecified atom stereocenters. The molecule has 1 aliphatic heterocycles. The van der Waals surface area contributed by atoms with E-state index in [1.165, 1.54) is 10.5 Å². The average molecular weight is 499 g/mol. The number of imide groups is 1. The number of nitrogens with zero attached hydrogens (tertiary/aromatic N) is 2. The lowest BCUT2D eigenvalue weighted by atomic mass is 10.1. The predicted octanol–water partition coefficient (Wildman–Crippen LogP) is 6.21. The minimum absolute atomic E-state index is 0.227. The Hall–Kier alpha value is -4.02. The molecule has 182 valence electrons. The maximum absolute atomic E-state index is 12.9. The van der Waals surface area contributed by atoms with E-state index in [0.717, 1.165) is 29.3 Å². The maximum Gasteiger partial charge on any atom is 0.293 e. The van der Waals surface area contributed by atoms with Gasteiger partial charge in [0.25, 0.3) is 11.1 Å². The molecule has 0 bridgehead atoms. The second kappa shape index (κ2) is 12.1. The number of nitriles is 1. The Morgan fingerprint density at radius 2 is 1.75 bits per heavy atom. The van der Waals surface area contributed by atoms with Crippen molar-refractivity contribution in [3.05, 3.63) is 100.0 Å². The van der Waals surface area contributed by atoms with E-state index in [9.17, 15) is 14.9 Å². The number of amides is 2. The molecular formula is C29H26N2O4S. The van der Waals surface area contributed by atoms with Crippen LogP contribution in [0.1, 0.15) is 35.6 Å². The molecular weight excluding hydrogens is 472 g/mol. The number of rotatable bonds is 10. The van der Waals surface area contributed by atoms with Gasteiger partial charge in [0.05, 0.1) is 23.1 Å². The quantitative estimate of drug-likeness (QED) is 0.310. The van der Waals surface area contributed by atoms with Gasteiger partial charge in [0, 0.05) is 12.1 Å². The van der Waals surface area contributed by atoms with Crippen LogP contribution in [0.3, 0.4) is 0 Å². The van der Waals surface area contributed by atoms with E-state index in [1.807, 2.05) is 61.5 Å². The van der Waals surface area contributed by atoms with Crippen molar-refractivity contribution in [2.45, 2.75) is 26.4 Å². The van der Waals surface area contributed by atoms with Gasteiger partial charge in [-0.15, -0.1) is 0 Å². The van der Waals surface area contributed by atoms with E-state index < -0.39 is 0 Å². The molecule has 3 aromatic rings. The van der Waals surface area contributed by atoms with Crippen molar-refractivity contribution in [1.82, 2.24) is 4.90 Å². The summed E-state index contributed by atoms with van der Waals surface area (Å²) in [5.41, 5.74) is 3.26. The molecule has 1 heterocycles. The normalized spacial score (nSPS) is 14.2. The number of aryl methyl sites for hydroxylation is 1. The fourth-order valence-electron chi connectivity index (χ4n) is 3.84. The third-order valence-corrected chi connectivity index (χ3v) is 6.56. The van der Waals surface area contributed by atoms with Gasteiger partial charge < -0.3 is 9.47 Å². The molecule has 0 atom stereocenters. The highest BCUT2D eigenvalue weighted by atomic mass is 32.2. The van der Waals surface area contributed by atoms with Crippen molar-refractivity contribution < 1.29 is 19.1 Å². The average Bonchev–Trinajstić information content (AvgIpc) is 3.16. The lowest BCUT2D eigenvalue weighted by molar-refractivity contribution is -0.122. The van der Waals surface area contributed by atoms with Crippen LogP contribution in [-0.4, -0.2) is 29.2 Å². The van der Waals surface area contributed by atoms with Gasteiger partial charge >= 0.3 is 0 Å². The highest BCUT2D eigenvalue weighted by molar-refractivity contribution is 8.18. The van der Waals surface area contributed by atoms with Crippen LogP contribution in [0.25, 0.3) is 6.08 Å². The molecule has 0 aliphatic carbocycles. The van der Waals surface area contributed by atoms with Crippen LogP contribution < -0.4 is 9.47 Å². The highest BCUT2D eigenvalue weighted by Gasteiger charge is 2.34. The molecule has 1 fully saturated rings. The van der Waals surface area contributed by atoms with Gasteiger partial charge in [-0.3, -0.25) is 14.5 Å². The Balaban J connectivity index is 1.44. The van der Waals surface area contributed by atoms with Gasteiger partial charge in [0.2, 0.25) is 0 Å². The molecule has 1 saturated heterocycles. The molecule has 7 heteroatoms. The minimum atomic E-state index is -0.274. The molecule has 4 rings (SSSR count). The second-order valence-electron chi connectivity index (χ2n) is 8.12. The fraction of sp³-hybridized carbons (Fsp3) is 0.207. The molecule has 1 aliphatic rings. The molecule has 0 aromatic heterocycles. The van der Waals surface area contributed by atoms with E-state index in [-0.39, 0.29) is 17.8 Å². The Bertz CT molecular complexity index is 1310. The predicted molar refractivity (Wildman–Crippen MR) is 141 cm³/mol. The molecule has 2 amide bonds. The number of thioether (sulfide) groups is 1. The van der Waals surface area contributed by atoms with E-state index in [1.54, 1.807) is 24.3 Å². The zero-order valence-electron chi connectivity index (χ0n) is 20.0. The monoisotopic (exact) mass is 498 g/mol. The first-order valence-corrected chi connectivity index (χ1v) is 12.6. The molecule has 0 N–H and O–H groups in total. The van der Waals surface area contributed by atoms with Crippen LogP contribution in [0.4, 0.5) is 4.79 Å². The summed E-state index contributed by atoms with van der Waals surface area (Å²) in [6.45, 7) is 2.93. The van der Waals surface area contributed by atoms with Crippen LogP contribution >= 0.6 is 11.8 Å². The van der Waals surface area contributed by atoms with Crippen molar-refractivity contribution in [2.75, 3.05) is 13.2 Å². The number of ether oxygens (including phenoxy) is 2. The third kappa shape index (κ3) is 6.15. The molecule has 6 nitrogen and oxygen atoms in total. The van der Waals surface area contributed by atoms with Crippen molar-refractivity contribution in [2.24, 2.45) is 0 Å². The van der Waals surface area contributed by atoms with Crippen LogP contribution in [-0.2, 0) is 17.8 Å². The maximum atomic E-state index is 12.9. The number of benzene rings is 3. The van der Waals surface area contributed by atoms with Crippen LogP contribution in [0.15, 0.2) is 77.7 Å². The second-order valence-corrected chi connectivity index (χ2v) is 9.11. The van der Waals surface area contributed by atoms with Gasteiger partial charge in [-0.1, -0.05) is 54.6 Å². The zero-order chi connectivity index (χ0) is 25.3. The lowest BCUT2D eigenvalue weighted by Crippen LogP contribution is -2.29. The number of carbonyl (C=O) groups excluding carboxylic acids is 2. The van der Waals surface area contributed by atoms with Crippen molar-refractivity contribution >= 4 is 29.0 Å². The summed E-state index contributed by atoms with van der Waals surface area (Å²) in [6, 6.07) is 24.8. The molecule has 3 aromatic carbocycles. The van der Waals surface area contributed by atoms with Crippen LogP contribution in [0.5, 0.6) is 11.5 Å². The first-order chi connectivity index (χ1) is 17.6. The van der Waals surface area contributed by atoms with Gasteiger partial charge in [-0.2, -0.15) is 5.26 Å². The number of hydrogen-bond donors (Lipinski definition) is 0. The van der Waals surface area contributed by atoms with Gasteiger partial charge in [0.15, 0.2) is 11.5 Å². The number of carbonyl (C=O) groups is 2. The smallest absolute Gasteiger partial charge is 0.293 e. The van der Waals surface area contributed by atoms with Crippen molar-refractivity contribution in [3.8, 4) is 17.6 Å². The summed E-state index contributed by atoms with van der Waals surface area (Å²) in [6.07, 6.45) is 3.23. The van der Waals surface area contributed by atoms with E-state index >= 15 is 0 Å². The summed E-state index contributed by atoms with van der Waals surface area (Å²) in [5, 5.41) is 9.04. The molecule has 0 spiro atoms.